The van der Waals surface area contributed by atoms with E-state index in [9.17, 15) is 9.18 Å². The summed E-state index contributed by atoms with van der Waals surface area (Å²) in [5.41, 5.74) is 0. The molecule has 1 aliphatic rings. The third kappa shape index (κ3) is 1.18. The third-order valence-electron chi connectivity index (χ3n) is 1.34. The Morgan fingerprint density at radius 1 is 1.89 bits per heavy atom. The Hall–Kier alpha value is -0.640. The number of amides is 1. The molecule has 0 aliphatic carbocycles. The van der Waals surface area contributed by atoms with Crippen molar-refractivity contribution in [1.82, 2.24) is 5.32 Å². The van der Waals surface area contributed by atoms with Crippen LogP contribution in [0.4, 0.5) is 4.39 Å². The van der Waals surface area contributed by atoms with Crippen molar-refractivity contribution in [3.63, 3.8) is 0 Å². The first-order valence-corrected chi connectivity index (χ1v) is 2.79. The molecule has 52 valence electrons. The highest BCUT2D eigenvalue weighted by Gasteiger charge is 2.30. The Morgan fingerprint density at radius 3 is 2.78 bits per heavy atom. The minimum absolute atomic E-state index is 0.106. The minimum atomic E-state index is -1.41. The number of aliphatic hydroxyl groups is 1. The second-order valence-electron chi connectivity index (χ2n) is 2.09. The standard InChI is InChI=1S/C5H8FNO2/c6-4-1-3(2-8)7-5(4)9/h3-4,8H,1-2H2,(H,7,9)/t3-,4-/m0/s1. The summed E-state index contributed by atoms with van der Waals surface area (Å²) in [4.78, 5) is 10.3. The summed E-state index contributed by atoms with van der Waals surface area (Å²) in [5.74, 6) is -0.603. The number of aliphatic hydroxyl groups excluding tert-OH is 1. The Bertz CT molecular complexity index is 128. The van der Waals surface area contributed by atoms with E-state index in [2.05, 4.69) is 5.32 Å². The van der Waals surface area contributed by atoms with Gasteiger partial charge in [-0.3, -0.25) is 4.79 Å². The lowest BCUT2D eigenvalue weighted by Crippen LogP contribution is -2.29. The van der Waals surface area contributed by atoms with Crippen LogP contribution in [0.2, 0.25) is 0 Å². The van der Waals surface area contributed by atoms with Crippen LogP contribution in [0.15, 0.2) is 0 Å². The average molecular weight is 133 g/mol. The molecule has 2 N–H and O–H groups in total. The lowest BCUT2D eigenvalue weighted by Gasteiger charge is -2.01. The quantitative estimate of drug-likeness (QED) is 0.492. The van der Waals surface area contributed by atoms with Crippen molar-refractivity contribution in [1.29, 1.82) is 0 Å². The van der Waals surface area contributed by atoms with E-state index in [4.69, 9.17) is 5.11 Å². The van der Waals surface area contributed by atoms with Crippen LogP contribution in [-0.4, -0.2) is 29.8 Å². The zero-order valence-electron chi connectivity index (χ0n) is 4.80. The van der Waals surface area contributed by atoms with Crippen LogP contribution in [0, 0.1) is 0 Å². The van der Waals surface area contributed by atoms with E-state index in [1.807, 2.05) is 0 Å². The SMILES string of the molecule is O=C1N[C@H](CO)C[C@@H]1F. The lowest BCUT2D eigenvalue weighted by atomic mass is 10.2. The third-order valence-corrected chi connectivity index (χ3v) is 1.34. The van der Waals surface area contributed by atoms with E-state index < -0.39 is 12.1 Å². The molecule has 3 nitrogen and oxygen atoms in total. The minimum Gasteiger partial charge on any atom is -0.394 e. The highest BCUT2D eigenvalue weighted by Crippen LogP contribution is 2.09. The van der Waals surface area contributed by atoms with E-state index in [1.54, 1.807) is 0 Å². The maximum Gasteiger partial charge on any atom is 0.254 e. The molecular formula is C5H8FNO2. The van der Waals surface area contributed by atoms with Crippen molar-refractivity contribution < 1.29 is 14.3 Å². The van der Waals surface area contributed by atoms with Gasteiger partial charge in [-0.1, -0.05) is 0 Å². The predicted octanol–water partition coefficient (Wildman–Crippen LogP) is -0.795. The van der Waals surface area contributed by atoms with Crippen molar-refractivity contribution in [3.05, 3.63) is 0 Å². The van der Waals surface area contributed by atoms with E-state index in [0.29, 0.717) is 0 Å². The van der Waals surface area contributed by atoms with Gasteiger partial charge in [-0.05, 0) is 0 Å². The van der Waals surface area contributed by atoms with E-state index in [0.717, 1.165) is 0 Å². The number of alkyl halides is 1. The number of hydrogen-bond acceptors (Lipinski definition) is 2. The molecule has 0 aromatic rings. The molecule has 1 saturated heterocycles. The average Bonchev–Trinajstić information content (AvgIpc) is 2.13. The van der Waals surface area contributed by atoms with Gasteiger partial charge in [0.25, 0.3) is 5.91 Å². The smallest absolute Gasteiger partial charge is 0.254 e. The fourth-order valence-electron chi connectivity index (χ4n) is 0.828. The highest BCUT2D eigenvalue weighted by atomic mass is 19.1. The van der Waals surface area contributed by atoms with Crippen molar-refractivity contribution in [2.45, 2.75) is 18.6 Å². The van der Waals surface area contributed by atoms with Crippen LogP contribution in [0.3, 0.4) is 0 Å². The largest absolute Gasteiger partial charge is 0.394 e. The van der Waals surface area contributed by atoms with Crippen LogP contribution in [0.5, 0.6) is 0 Å². The second-order valence-corrected chi connectivity index (χ2v) is 2.09. The normalized spacial score (nSPS) is 34.7. The number of nitrogens with one attached hydrogen (secondary N) is 1. The predicted molar refractivity (Wildman–Crippen MR) is 28.5 cm³/mol. The van der Waals surface area contributed by atoms with Crippen molar-refractivity contribution in [2.75, 3.05) is 6.61 Å². The molecule has 0 aromatic heterocycles. The van der Waals surface area contributed by atoms with Crippen molar-refractivity contribution >= 4 is 5.91 Å². The monoisotopic (exact) mass is 133 g/mol. The molecule has 1 amide bonds. The van der Waals surface area contributed by atoms with Gasteiger partial charge in [-0.15, -0.1) is 0 Å². The Kier molecular flexibility index (Phi) is 1.66. The molecule has 0 saturated carbocycles. The maximum atomic E-state index is 12.2. The van der Waals surface area contributed by atoms with Crippen molar-refractivity contribution in [2.24, 2.45) is 0 Å². The van der Waals surface area contributed by atoms with Crippen LogP contribution in [0.1, 0.15) is 6.42 Å². The number of hydrogen-bond donors (Lipinski definition) is 2. The van der Waals surface area contributed by atoms with Crippen molar-refractivity contribution in [3.8, 4) is 0 Å². The Morgan fingerprint density at radius 2 is 2.56 bits per heavy atom. The Labute approximate surface area is 51.9 Å². The molecular weight excluding hydrogens is 125 g/mol. The zero-order valence-corrected chi connectivity index (χ0v) is 4.80. The van der Waals surface area contributed by atoms with Crippen LogP contribution in [0.25, 0.3) is 0 Å². The molecule has 2 atom stereocenters. The number of carbonyl (C=O) groups is 1. The summed E-state index contributed by atoms with van der Waals surface area (Å²) in [6.45, 7) is -0.174. The molecule has 0 radical (unpaired) electrons. The first kappa shape index (κ1) is 6.48. The van der Waals surface area contributed by atoms with Gasteiger partial charge in [-0.2, -0.15) is 0 Å². The maximum absolute atomic E-state index is 12.2. The van der Waals surface area contributed by atoms with Gasteiger partial charge in [-0.25, -0.2) is 4.39 Å². The zero-order chi connectivity index (χ0) is 6.85. The summed E-state index contributed by atoms with van der Waals surface area (Å²) in [6.07, 6.45) is -1.31. The molecule has 0 aromatic carbocycles. The molecule has 1 rings (SSSR count). The molecule has 1 heterocycles. The molecule has 1 fully saturated rings. The fourth-order valence-corrected chi connectivity index (χ4v) is 0.828. The van der Waals surface area contributed by atoms with Gasteiger partial charge in [0.15, 0.2) is 6.17 Å². The number of halogens is 1. The van der Waals surface area contributed by atoms with E-state index in [1.165, 1.54) is 0 Å². The first-order valence-electron chi connectivity index (χ1n) is 2.79. The topological polar surface area (TPSA) is 49.3 Å². The van der Waals surface area contributed by atoms with Gasteiger partial charge in [0.05, 0.1) is 12.6 Å². The van der Waals surface area contributed by atoms with Crippen LogP contribution in [-0.2, 0) is 4.79 Å². The summed E-state index contributed by atoms with van der Waals surface area (Å²) in [6, 6.07) is -0.368. The molecule has 1 aliphatic heterocycles. The summed E-state index contributed by atoms with van der Waals surface area (Å²) >= 11 is 0. The van der Waals surface area contributed by atoms with Gasteiger partial charge < -0.3 is 10.4 Å². The van der Waals surface area contributed by atoms with E-state index in [-0.39, 0.29) is 19.1 Å². The van der Waals surface area contributed by atoms with Gasteiger partial charge in [0.2, 0.25) is 0 Å². The molecule has 4 heteroatoms. The van der Waals surface area contributed by atoms with E-state index >= 15 is 0 Å². The lowest BCUT2D eigenvalue weighted by molar-refractivity contribution is -0.123. The Balaban J connectivity index is 2.44. The second kappa shape index (κ2) is 2.31. The number of rotatable bonds is 1. The molecule has 0 spiro atoms. The van der Waals surface area contributed by atoms with Crippen LogP contribution < -0.4 is 5.32 Å². The molecule has 0 unspecified atom stereocenters. The summed E-state index contributed by atoms with van der Waals surface area (Å²) in [7, 11) is 0. The number of carbonyl (C=O) groups excluding carboxylic acids is 1. The highest BCUT2D eigenvalue weighted by molar-refractivity contribution is 5.83. The molecule has 0 bridgehead atoms. The summed E-state index contributed by atoms with van der Waals surface area (Å²) in [5, 5.41) is 10.7. The first-order chi connectivity index (χ1) is 4.24. The van der Waals surface area contributed by atoms with Gasteiger partial charge >= 0.3 is 0 Å². The van der Waals surface area contributed by atoms with Gasteiger partial charge in [0.1, 0.15) is 0 Å². The molecule has 9 heavy (non-hydrogen) atoms. The van der Waals surface area contributed by atoms with Gasteiger partial charge in [0, 0.05) is 6.42 Å². The summed E-state index contributed by atoms with van der Waals surface area (Å²) < 4.78 is 12.2. The van der Waals surface area contributed by atoms with Crippen LogP contribution >= 0.6 is 0 Å². The fraction of sp³-hybridized carbons (Fsp3) is 0.800.